The quantitative estimate of drug-likeness (QED) is 0.406. The van der Waals surface area contributed by atoms with Crippen molar-refractivity contribution >= 4 is 34.1 Å². The summed E-state index contributed by atoms with van der Waals surface area (Å²) in [6.45, 7) is 4.71. The average molecular weight is 454 g/mol. The maximum absolute atomic E-state index is 15.0. The van der Waals surface area contributed by atoms with Crippen molar-refractivity contribution in [3.05, 3.63) is 41.8 Å². The van der Waals surface area contributed by atoms with Crippen molar-refractivity contribution in [2.45, 2.75) is 64.6 Å². The summed E-state index contributed by atoms with van der Waals surface area (Å²) in [5.74, 6) is -0.775. The lowest BCUT2D eigenvalue weighted by Gasteiger charge is -2.34. The highest BCUT2D eigenvalue weighted by Gasteiger charge is 2.28. The number of carbonyl (C=O) groups excluding carboxylic acids is 1. The molecule has 1 aromatic carbocycles. The molecule has 4 rings (SSSR count). The van der Waals surface area contributed by atoms with Crippen molar-refractivity contribution in [2.24, 2.45) is 17.4 Å². The van der Waals surface area contributed by atoms with Gasteiger partial charge < -0.3 is 22.1 Å². The number of nitrogens with two attached hydrogens (primary N) is 2. The van der Waals surface area contributed by atoms with Gasteiger partial charge in [0.2, 0.25) is 0 Å². The van der Waals surface area contributed by atoms with Crippen molar-refractivity contribution in [3.8, 4) is 0 Å². The van der Waals surface area contributed by atoms with E-state index in [1.807, 2.05) is 36.7 Å². The second-order valence-corrected chi connectivity index (χ2v) is 8.87. The van der Waals surface area contributed by atoms with Gasteiger partial charge in [-0.1, -0.05) is 19.3 Å². The topological polar surface area (TPSA) is 124 Å². The number of fused-ring (bicyclic) bond motifs is 1. The Morgan fingerprint density at radius 3 is 2.67 bits per heavy atom. The fourth-order valence-corrected chi connectivity index (χ4v) is 4.76. The summed E-state index contributed by atoms with van der Waals surface area (Å²) in [7, 11) is 0. The molecule has 2 atom stereocenters. The number of aryl methyl sites for hydroxylation is 1. The molecule has 1 amide bonds. The third-order valence-corrected chi connectivity index (χ3v) is 6.47. The van der Waals surface area contributed by atoms with Crippen LogP contribution in [0.2, 0.25) is 0 Å². The first-order valence-electron chi connectivity index (χ1n) is 11.6. The number of halogens is 1. The van der Waals surface area contributed by atoms with Gasteiger partial charge in [-0.3, -0.25) is 9.48 Å². The van der Waals surface area contributed by atoms with Gasteiger partial charge in [-0.15, -0.1) is 0 Å². The van der Waals surface area contributed by atoms with E-state index < -0.39 is 11.7 Å². The molecular weight excluding hydrogens is 421 g/mol. The van der Waals surface area contributed by atoms with Crippen molar-refractivity contribution < 1.29 is 9.18 Å². The van der Waals surface area contributed by atoms with E-state index in [4.69, 9.17) is 11.5 Å². The molecule has 0 unspecified atom stereocenters. The summed E-state index contributed by atoms with van der Waals surface area (Å²) in [6, 6.07) is 6.55. The number of benzene rings is 1. The largest absolute Gasteiger partial charge is 0.365 e. The van der Waals surface area contributed by atoms with Crippen LogP contribution in [0.1, 0.15) is 56.3 Å². The van der Waals surface area contributed by atoms with E-state index >= 15 is 0 Å². The van der Waals surface area contributed by atoms with Crippen molar-refractivity contribution in [3.63, 3.8) is 0 Å². The number of nitrogens with zero attached hydrogens (tertiary/aromatic N) is 3. The number of pyridine rings is 1. The van der Waals surface area contributed by atoms with Gasteiger partial charge in [0.1, 0.15) is 5.82 Å². The van der Waals surface area contributed by atoms with Gasteiger partial charge in [0, 0.05) is 29.7 Å². The Morgan fingerprint density at radius 1 is 1.24 bits per heavy atom. The molecular formula is C24H32FN7O. The minimum Gasteiger partial charge on any atom is -0.365 e. The molecule has 0 spiro atoms. The first-order valence-corrected chi connectivity index (χ1v) is 11.6. The highest BCUT2D eigenvalue weighted by molar-refractivity contribution is 5.99. The molecule has 0 aliphatic heterocycles. The van der Waals surface area contributed by atoms with Crippen molar-refractivity contribution in [1.82, 2.24) is 14.8 Å². The second kappa shape index (κ2) is 9.74. The molecule has 1 aliphatic rings. The number of anilines is 3. The van der Waals surface area contributed by atoms with Crippen LogP contribution in [0.25, 0.3) is 10.9 Å². The first kappa shape index (κ1) is 23.0. The van der Waals surface area contributed by atoms with E-state index in [0.717, 1.165) is 49.2 Å². The third kappa shape index (κ3) is 4.93. The molecule has 176 valence electrons. The average Bonchev–Trinajstić information content (AvgIpc) is 3.21. The maximum Gasteiger partial charge on any atom is 0.252 e. The molecule has 1 aliphatic carbocycles. The Kier molecular flexibility index (Phi) is 6.78. The van der Waals surface area contributed by atoms with Crippen molar-refractivity contribution in [1.29, 1.82) is 0 Å². The zero-order chi connectivity index (χ0) is 23.5. The Labute approximate surface area is 192 Å². The monoisotopic (exact) mass is 453 g/mol. The van der Waals surface area contributed by atoms with Crippen LogP contribution < -0.4 is 22.1 Å². The summed E-state index contributed by atoms with van der Waals surface area (Å²) in [5.41, 5.74) is 13.5. The molecule has 2 aromatic heterocycles. The summed E-state index contributed by atoms with van der Waals surface area (Å²) < 4.78 is 16.9. The number of aromatic nitrogens is 3. The molecule has 0 bridgehead atoms. The molecule has 1 fully saturated rings. The lowest BCUT2D eigenvalue weighted by atomic mass is 9.81. The number of primary amides is 1. The van der Waals surface area contributed by atoms with E-state index in [9.17, 15) is 9.18 Å². The number of rotatable bonds is 8. The number of hydrogen-bond acceptors (Lipinski definition) is 6. The standard InChI is InChI=1S/C24H32FN7O/c1-3-32-20-10-9-17(11-16(20)13-28-32)29-23-18(22(27)33)12-19(25)24(31-23)30-21(14(2)26)15-7-5-4-6-8-15/h9-15,21H,3-8,26H2,1-2H3,(H2,27,33)(H2,29,30,31)/t14-,21-/m0/s1. The SMILES string of the molecule is CCn1ncc2cc(Nc3nc(N[C@H](C4CCCCC4)[C@H](C)N)c(F)cc3C(N)=O)ccc21. The lowest BCUT2D eigenvalue weighted by molar-refractivity contribution is 0.100. The smallest absolute Gasteiger partial charge is 0.252 e. The summed E-state index contributed by atoms with van der Waals surface area (Å²) in [5, 5.41) is 11.7. The van der Waals surface area contributed by atoms with Crippen LogP contribution in [0.3, 0.4) is 0 Å². The van der Waals surface area contributed by atoms with Gasteiger partial charge in [0.25, 0.3) is 5.91 Å². The Morgan fingerprint density at radius 2 is 2.00 bits per heavy atom. The van der Waals surface area contributed by atoms with E-state index in [-0.39, 0.29) is 29.3 Å². The van der Waals surface area contributed by atoms with E-state index in [0.29, 0.717) is 11.6 Å². The molecule has 3 aromatic rings. The van der Waals surface area contributed by atoms with E-state index in [2.05, 4.69) is 20.7 Å². The van der Waals surface area contributed by atoms with E-state index in [1.165, 1.54) is 6.42 Å². The summed E-state index contributed by atoms with van der Waals surface area (Å²) in [6.07, 6.45) is 7.40. The second-order valence-electron chi connectivity index (χ2n) is 8.87. The third-order valence-electron chi connectivity index (χ3n) is 6.47. The summed E-state index contributed by atoms with van der Waals surface area (Å²) in [4.78, 5) is 16.5. The Balaban J connectivity index is 1.65. The molecule has 8 nitrogen and oxygen atoms in total. The van der Waals surface area contributed by atoms with Crippen LogP contribution in [-0.2, 0) is 6.54 Å². The highest BCUT2D eigenvalue weighted by atomic mass is 19.1. The lowest BCUT2D eigenvalue weighted by Crippen LogP contribution is -2.44. The fraction of sp³-hybridized carbons (Fsp3) is 0.458. The van der Waals surface area contributed by atoms with Gasteiger partial charge in [0.05, 0.1) is 17.3 Å². The number of nitrogens with one attached hydrogen (secondary N) is 2. The maximum atomic E-state index is 15.0. The van der Waals surface area contributed by atoms with Crippen molar-refractivity contribution in [2.75, 3.05) is 10.6 Å². The predicted molar refractivity (Wildman–Crippen MR) is 129 cm³/mol. The molecule has 1 saturated carbocycles. The molecule has 33 heavy (non-hydrogen) atoms. The Bertz CT molecular complexity index is 1140. The van der Waals surface area contributed by atoms with Gasteiger partial charge >= 0.3 is 0 Å². The first-order chi connectivity index (χ1) is 15.9. The molecule has 2 heterocycles. The molecule has 6 N–H and O–H groups in total. The van der Waals surface area contributed by atoms with Crippen LogP contribution >= 0.6 is 0 Å². The molecule has 9 heteroatoms. The van der Waals surface area contributed by atoms with Gasteiger partial charge in [-0.2, -0.15) is 5.10 Å². The Hall–Kier alpha value is -3.20. The van der Waals surface area contributed by atoms with Gasteiger partial charge in [0.15, 0.2) is 11.6 Å². The molecule has 0 saturated heterocycles. The fourth-order valence-electron chi connectivity index (χ4n) is 4.76. The molecule has 0 radical (unpaired) electrons. The minimum atomic E-state index is -0.758. The zero-order valence-electron chi connectivity index (χ0n) is 19.1. The number of carbonyl (C=O) groups is 1. The highest BCUT2D eigenvalue weighted by Crippen LogP contribution is 2.31. The number of hydrogen-bond donors (Lipinski definition) is 4. The van der Waals surface area contributed by atoms with Crippen LogP contribution in [0.5, 0.6) is 0 Å². The van der Waals surface area contributed by atoms with E-state index in [1.54, 1.807) is 6.20 Å². The van der Waals surface area contributed by atoms with Crippen LogP contribution in [0, 0.1) is 11.7 Å². The normalized spacial score (nSPS) is 16.5. The predicted octanol–water partition coefficient (Wildman–Crippen LogP) is 4.14. The van der Waals surface area contributed by atoms with Gasteiger partial charge in [-0.05, 0) is 56.9 Å². The zero-order valence-corrected chi connectivity index (χ0v) is 19.1. The van der Waals surface area contributed by atoms with Gasteiger partial charge in [-0.25, -0.2) is 9.37 Å². The van der Waals surface area contributed by atoms with Crippen LogP contribution in [0.15, 0.2) is 30.5 Å². The number of amides is 1. The summed E-state index contributed by atoms with van der Waals surface area (Å²) >= 11 is 0. The van der Waals surface area contributed by atoms with Crippen LogP contribution in [0.4, 0.5) is 21.7 Å². The minimum absolute atomic E-state index is 0.0163. The van der Waals surface area contributed by atoms with Crippen LogP contribution in [-0.4, -0.2) is 32.8 Å².